The van der Waals surface area contributed by atoms with Gasteiger partial charge in [0.15, 0.2) is 0 Å². The van der Waals surface area contributed by atoms with Crippen LogP contribution < -0.4 is 0 Å². The number of esters is 1. The number of methoxy groups -OCH3 is 1. The Balaban J connectivity index is 3.68. The second-order valence-electron chi connectivity index (χ2n) is 5.72. The highest BCUT2D eigenvalue weighted by Gasteiger charge is 1.96. The fourth-order valence-electron chi connectivity index (χ4n) is 2.01. The molecule has 0 radical (unpaired) electrons. The van der Waals surface area contributed by atoms with E-state index in [0.29, 0.717) is 6.42 Å². The van der Waals surface area contributed by atoms with Gasteiger partial charge in [-0.15, -0.1) is 0 Å². The van der Waals surface area contributed by atoms with Crippen molar-refractivity contribution in [3.05, 3.63) is 60.3 Å². The summed E-state index contributed by atoms with van der Waals surface area (Å²) in [5, 5.41) is 0. The van der Waals surface area contributed by atoms with Crippen molar-refractivity contribution in [2.24, 2.45) is 0 Å². The van der Waals surface area contributed by atoms with Gasteiger partial charge in [-0.1, -0.05) is 67.2 Å². The van der Waals surface area contributed by atoms with E-state index >= 15 is 0 Å². The van der Waals surface area contributed by atoms with Crippen LogP contribution in [-0.4, -0.2) is 13.1 Å². The van der Waals surface area contributed by atoms with Crippen LogP contribution in [0.5, 0.6) is 0 Å². The monoisotopic (exact) mass is 330 g/mol. The zero-order valence-electron chi connectivity index (χ0n) is 15.7. The number of rotatable bonds is 13. The molecular formula is C22H34O2. The van der Waals surface area contributed by atoms with Gasteiger partial charge in [-0.25, -0.2) is 0 Å². The molecule has 0 amide bonds. The zero-order chi connectivity index (χ0) is 17.9. The van der Waals surface area contributed by atoms with E-state index in [4.69, 9.17) is 0 Å². The van der Waals surface area contributed by atoms with Crippen LogP contribution in [0.15, 0.2) is 60.3 Å². The van der Waals surface area contributed by atoms with E-state index in [-0.39, 0.29) is 5.97 Å². The van der Waals surface area contributed by atoms with Crippen LogP contribution in [0.2, 0.25) is 0 Å². The molecule has 0 N–H and O–H groups in total. The van der Waals surface area contributed by atoms with E-state index < -0.39 is 0 Å². The Labute approximate surface area is 148 Å². The van der Waals surface area contributed by atoms with Gasteiger partial charge in [0.2, 0.25) is 0 Å². The highest BCUT2D eigenvalue weighted by Crippen LogP contribution is 2.05. The third-order valence-corrected chi connectivity index (χ3v) is 3.47. The standard InChI is InChI=1S/C22H34O2/c1-4-5-6-7-9-12-15-18-21(2)19-16-13-10-8-11-14-17-20-22(23)24-3/h5-6,8-9,11-13,16,18H,4,7,10,14-15,17,19-20H2,1-3H3. The summed E-state index contributed by atoms with van der Waals surface area (Å²) in [5.41, 5.74) is 1.40. The summed E-state index contributed by atoms with van der Waals surface area (Å²) in [6.45, 7) is 4.33. The highest BCUT2D eigenvalue weighted by molar-refractivity contribution is 5.69. The summed E-state index contributed by atoms with van der Waals surface area (Å²) in [6, 6.07) is 0. The maximum absolute atomic E-state index is 10.9. The Hall–Kier alpha value is -1.83. The Bertz CT molecular complexity index is 451. The van der Waals surface area contributed by atoms with Crippen LogP contribution in [0.25, 0.3) is 0 Å². The SMILES string of the molecule is CCC=CCC=CCC=C(C)CC=CCC=CCCCC(=O)OC. The second-order valence-corrected chi connectivity index (χ2v) is 5.72. The molecule has 0 aromatic carbocycles. The molecule has 0 aliphatic carbocycles. The number of hydrogen-bond acceptors (Lipinski definition) is 2. The van der Waals surface area contributed by atoms with E-state index in [2.05, 4.69) is 73.3 Å². The van der Waals surface area contributed by atoms with Gasteiger partial charge >= 0.3 is 5.97 Å². The predicted octanol–water partition coefficient (Wildman–Crippen LogP) is 6.47. The van der Waals surface area contributed by atoms with Gasteiger partial charge in [0.05, 0.1) is 7.11 Å². The van der Waals surface area contributed by atoms with Gasteiger partial charge in [0, 0.05) is 6.42 Å². The van der Waals surface area contributed by atoms with Gasteiger partial charge in [0.1, 0.15) is 0 Å². The topological polar surface area (TPSA) is 26.3 Å². The molecule has 0 aromatic rings. The molecule has 0 rings (SSSR count). The Morgan fingerprint density at radius 3 is 2.21 bits per heavy atom. The summed E-state index contributed by atoms with van der Waals surface area (Å²) in [4.78, 5) is 10.9. The lowest BCUT2D eigenvalue weighted by atomic mass is 10.1. The molecule has 0 spiro atoms. The van der Waals surface area contributed by atoms with Crippen molar-refractivity contribution in [3.8, 4) is 0 Å². The minimum atomic E-state index is -0.127. The number of hydrogen-bond donors (Lipinski definition) is 0. The van der Waals surface area contributed by atoms with Gasteiger partial charge in [-0.2, -0.15) is 0 Å². The van der Waals surface area contributed by atoms with Crippen molar-refractivity contribution in [2.45, 2.75) is 65.2 Å². The van der Waals surface area contributed by atoms with E-state index in [1.165, 1.54) is 12.7 Å². The lowest BCUT2D eigenvalue weighted by Gasteiger charge is -1.95. The van der Waals surface area contributed by atoms with Crippen molar-refractivity contribution in [3.63, 3.8) is 0 Å². The quantitative estimate of drug-likeness (QED) is 0.220. The number of ether oxygens (including phenoxy) is 1. The Kier molecular flexibility index (Phi) is 16.2. The van der Waals surface area contributed by atoms with Crippen LogP contribution in [0, 0.1) is 0 Å². The molecule has 24 heavy (non-hydrogen) atoms. The first-order chi connectivity index (χ1) is 11.7. The predicted molar refractivity (Wildman–Crippen MR) is 105 cm³/mol. The maximum Gasteiger partial charge on any atom is 0.305 e. The molecule has 0 bridgehead atoms. The third-order valence-electron chi connectivity index (χ3n) is 3.47. The van der Waals surface area contributed by atoms with Crippen LogP contribution in [0.1, 0.15) is 65.2 Å². The molecule has 0 aliphatic heterocycles. The molecule has 0 saturated heterocycles. The van der Waals surface area contributed by atoms with E-state index in [9.17, 15) is 4.79 Å². The van der Waals surface area contributed by atoms with E-state index in [1.54, 1.807) is 0 Å². The number of unbranched alkanes of at least 4 members (excludes halogenated alkanes) is 1. The highest BCUT2D eigenvalue weighted by atomic mass is 16.5. The molecule has 0 aromatic heterocycles. The number of carbonyl (C=O) groups is 1. The maximum atomic E-state index is 10.9. The van der Waals surface area contributed by atoms with Crippen LogP contribution in [0.4, 0.5) is 0 Å². The third kappa shape index (κ3) is 16.5. The molecule has 134 valence electrons. The molecule has 2 heteroatoms. The van der Waals surface area contributed by atoms with Crippen molar-refractivity contribution in [1.29, 1.82) is 0 Å². The number of carbonyl (C=O) groups excluding carboxylic acids is 1. The molecular weight excluding hydrogens is 296 g/mol. The largest absolute Gasteiger partial charge is 0.469 e. The Morgan fingerprint density at radius 2 is 1.50 bits per heavy atom. The summed E-state index contributed by atoms with van der Waals surface area (Å²) in [5.74, 6) is -0.127. The first-order valence-corrected chi connectivity index (χ1v) is 9.03. The molecule has 2 nitrogen and oxygen atoms in total. The lowest BCUT2D eigenvalue weighted by molar-refractivity contribution is -0.140. The van der Waals surface area contributed by atoms with E-state index in [1.807, 2.05) is 0 Å². The van der Waals surface area contributed by atoms with Gasteiger partial charge in [-0.05, 0) is 51.9 Å². The summed E-state index contributed by atoms with van der Waals surface area (Å²) < 4.78 is 4.60. The van der Waals surface area contributed by atoms with Crippen LogP contribution in [0.3, 0.4) is 0 Å². The minimum absolute atomic E-state index is 0.127. The normalized spacial score (nSPS) is 13.0. The van der Waals surface area contributed by atoms with Crippen LogP contribution in [-0.2, 0) is 9.53 Å². The van der Waals surface area contributed by atoms with Crippen molar-refractivity contribution in [2.75, 3.05) is 7.11 Å². The number of allylic oxidation sites excluding steroid dienone is 10. The van der Waals surface area contributed by atoms with Gasteiger partial charge in [0.25, 0.3) is 0 Å². The fraction of sp³-hybridized carbons (Fsp3) is 0.500. The average Bonchev–Trinajstić information content (AvgIpc) is 2.59. The zero-order valence-corrected chi connectivity index (χ0v) is 15.7. The molecule has 0 aliphatic rings. The van der Waals surface area contributed by atoms with Crippen molar-refractivity contribution >= 4 is 5.97 Å². The lowest BCUT2D eigenvalue weighted by Crippen LogP contribution is -1.98. The molecule has 0 atom stereocenters. The van der Waals surface area contributed by atoms with Crippen molar-refractivity contribution in [1.82, 2.24) is 0 Å². The summed E-state index contributed by atoms with van der Waals surface area (Å²) in [7, 11) is 1.43. The Morgan fingerprint density at radius 1 is 0.875 bits per heavy atom. The molecule has 0 fully saturated rings. The first-order valence-electron chi connectivity index (χ1n) is 9.03. The second kappa shape index (κ2) is 17.5. The summed E-state index contributed by atoms with van der Waals surface area (Å²) in [6.07, 6.45) is 27.3. The van der Waals surface area contributed by atoms with Gasteiger partial charge < -0.3 is 4.74 Å². The smallest absolute Gasteiger partial charge is 0.305 e. The molecule has 0 heterocycles. The first kappa shape index (κ1) is 22.2. The van der Waals surface area contributed by atoms with Gasteiger partial charge in [-0.3, -0.25) is 4.79 Å². The molecule has 0 unspecified atom stereocenters. The molecule has 0 saturated carbocycles. The average molecular weight is 331 g/mol. The van der Waals surface area contributed by atoms with Crippen molar-refractivity contribution < 1.29 is 9.53 Å². The summed E-state index contributed by atoms with van der Waals surface area (Å²) >= 11 is 0. The minimum Gasteiger partial charge on any atom is -0.469 e. The fourth-order valence-corrected chi connectivity index (χ4v) is 2.01. The van der Waals surface area contributed by atoms with Crippen LogP contribution >= 0.6 is 0 Å². The van der Waals surface area contributed by atoms with E-state index in [0.717, 1.165) is 44.9 Å².